The number of ether oxygens (including phenoxy) is 2. The van der Waals surface area contributed by atoms with Crippen molar-refractivity contribution in [1.29, 1.82) is 0 Å². The molecule has 9 heteroatoms. The number of alkyl carbamates (subject to hydrolysis) is 1. The molecule has 0 spiro atoms. The number of aliphatic carboxylic acids is 1. The van der Waals surface area contributed by atoms with Crippen molar-refractivity contribution in [2.75, 3.05) is 13.2 Å². The molecule has 1 fully saturated rings. The number of hydrogen-bond donors (Lipinski definition) is 2. The Bertz CT molecular complexity index is 1400. The van der Waals surface area contributed by atoms with Gasteiger partial charge in [-0.2, -0.15) is 0 Å². The summed E-state index contributed by atoms with van der Waals surface area (Å²) < 4.78 is 11.0. The highest BCUT2D eigenvalue weighted by atomic mass is 16.5. The van der Waals surface area contributed by atoms with Crippen LogP contribution in [0.1, 0.15) is 54.7 Å². The average Bonchev–Trinajstić information content (AvgIpc) is 3.32. The first-order chi connectivity index (χ1) is 20.4. The van der Waals surface area contributed by atoms with Crippen molar-refractivity contribution in [2.24, 2.45) is 0 Å². The number of nitrogens with one attached hydrogen (secondary N) is 1. The van der Waals surface area contributed by atoms with Gasteiger partial charge in [-0.15, -0.1) is 0 Å². The minimum atomic E-state index is -1.27. The van der Waals surface area contributed by atoms with Gasteiger partial charge < -0.3 is 24.8 Å². The van der Waals surface area contributed by atoms with E-state index in [1.165, 1.54) is 4.90 Å². The Kier molecular flexibility index (Phi) is 9.16. The molecule has 0 saturated carbocycles. The number of carboxylic acids is 1. The molecule has 1 heterocycles. The maximum Gasteiger partial charge on any atom is 0.407 e. The summed E-state index contributed by atoms with van der Waals surface area (Å²) in [6.07, 6.45) is 0.587. The fraction of sp³-hybridized carbons (Fsp3) is 0.333. The molecule has 0 radical (unpaired) electrons. The van der Waals surface area contributed by atoms with Gasteiger partial charge in [0.15, 0.2) is 0 Å². The summed E-state index contributed by atoms with van der Waals surface area (Å²) in [4.78, 5) is 52.5. The SMILES string of the molecule is O=C(O)CC1CCCCN1C(=O)[C@H](CC(=O)OCc1ccccc1)NC(=O)OCC1c2ccccc2-c2ccccc21. The monoisotopic (exact) mass is 570 g/mol. The Balaban J connectivity index is 1.28. The number of hydrogen-bond acceptors (Lipinski definition) is 6. The van der Waals surface area contributed by atoms with Gasteiger partial charge in [-0.05, 0) is 47.1 Å². The summed E-state index contributed by atoms with van der Waals surface area (Å²) >= 11 is 0. The lowest BCUT2D eigenvalue weighted by molar-refractivity contribution is -0.150. The van der Waals surface area contributed by atoms with Gasteiger partial charge in [0.05, 0.1) is 12.8 Å². The molecule has 1 saturated heterocycles. The molecule has 2 aliphatic rings. The van der Waals surface area contributed by atoms with Crippen molar-refractivity contribution in [1.82, 2.24) is 10.2 Å². The van der Waals surface area contributed by atoms with Crippen LogP contribution in [0.3, 0.4) is 0 Å². The molecule has 1 unspecified atom stereocenters. The van der Waals surface area contributed by atoms with Gasteiger partial charge in [0.25, 0.3) is 0 Å². The standard InChI is InChI=1S/C33H34N2O7/c36-30(37)18-23-12-8-9-17-35(23)32(39)29(19-31(38)41-20-22-10-2-1-3-11-22)34-33(40)42-21-28-26-15-6-4-13-24(26)25-14-5-7-16-27(25)28/h1-7,10-11,13-16,23,28-29H,8-9,12,17-21H2,(H,34,40)(H,36,37)/t23?,29-/m0/s1. The molecule has 2 atom stereocenters. The molecule has 3 aromatic rings. The van der Waals surface area contributed by atoms with Crippen LogP contribution in [0.4, 0.5) is 4.79 Å². The lowest BCUT2D eigenvalue weighted by Crippen LogP contribution is -2.54. The lowest BCUT2D eigenvalue weighted by atomic mass is 9.97. The molecule has 1 aliphatic heterocycles. The van der Waals surface area contributed by atoms with Gasteiger partial charge in [0.2, 0.25) is 5.91 Å². The highest BCUT2D eigenvalue weighted by molar-refractivity contribution is 5.90. The van der Waals surface area contributed by atoms with Crippen molar-refractivity contribution >= 4 is 23.9 Å². The summed E-state index contributed by atoms with van der Waals surface area (Å²) in [6.45, 7) is 0.417. The van der Waals surface area contributed by atoms with E-state index in [0.717, 1.165) is 34.2 Å². The Morgan fingerprint density at radius 1 is 0.857 bits per heavy atom. The van der Waals surface area contributed by atoms with Crippen LogP contribution < -0.4 is 5.32 Å². The Labute approximate surface area is 244 Å². The van der Waals surface area contributed by atoms with Crippen molar-refractivity contribution < 1.29 is 33.8 Å². The maximum absolute atomic E-state index is 13.7. The number of carbonyl (C=O) groups excluding carboxylic acids is 3. The maximum atomic E-state index is 13.7. The summed E-state index contributed by atoms with van der Waals surface area (Å²) in [7, 11) is 0. The molecular formula is C33H34N2O7. The number of rotatable bonds is 10. The van der Waals surface area contributed by atoms with E-state index < -0.39 is 42.4 Å². The minimum Gasteiger partial charge on any atom is -0.481 e. The number of carboxylic acid groups (broad SMARTS) is 1. The van der Waals surface area contributed by atoms with Gasteiger partial charge in [-0.25, -0.2) is 4.79 Å². The van der Waals surface area contributed by atoms with E-state index in [1.54, 1.807) is 0 Å². The molecule has 9 nitrogen and oxygen atoms in total. The fourth-order valence-electron chi connectivity index (χ4n) is 5.85. The first kappa shape index (κ1) is 28.9. The number of fused-ring (bicyclic) bond motifs is 3. The van der Waals surface area contributed by atoms with Crippen LogP contribution in [0.2, 0.25) is 0 Å². The lowest BCUT2D eigenvalue weighted by Gasteiger charge is -2.37. The average molecular weight is 571 g/mol. The van der Waals surface area contributed by atoms with E-state index in [9.17, 15) is 24.3 Å². The molecule has 0 aromatic heterocycles. The smallest absolute Gasteiger partial charge is 0.407 e. The van der Waals surface area contributed by atoms with Crippen molar-refractivity contribution in [3.63, 3.8) is 0 Å². The van der Waals surface area contributed by atoms with Gasteiger partial charge in [0, 0.05) is 18.5 Å². The molecule has 3 aromatic carbocycles. The van der Waals surface area contributed by atoms with Crippen LogP contribution in [0.25, 0.3) is 11.1 Å². The Hall–Kier alpha value is -4.66. The zero-order valence-electron chi connectivity index (χ0n) is 23.2. The second kappa shape index (κ2) is 13.3. The quantitative estimate of drug-likeness (QED) is 0.333. The van der Waals surface area contributed by atoms with Gasteiger partial charge in [-0.1, -0.05) is 78.9 Å². The van der Waals surface area contributed by atoms with E-state index in [4.69, 9.17) is 9.47 Å². The zero-order chi connectivity index (χ0) is 29.5. The third-order valence-electron chi connectivity index (χ3n) is 7.87. The van der Waals surface area contributed by atoms with E-state index >= 15 is 0 Å². The van der Waals surface area contributed by atoms with Crippen LogP contribution in [0.15, 0.2) is 78.9 Å². The second-order valence-corrected chi connectivity index (χ2v) is 10.7. The summed E-state index contributed by atoms with van der Waals surface area (Å²) in [6, 6.07) is 23.3. The molecule has 2 amide bonds. The topological polar surface area (TPSA) is 122 Å². The summed E-state index contributed by atoms with van der Waals surface area (Å²) in [5.41, 5.74) is 5.06. The molecule has 5 rings (SSSR count). The third-order valence-corrected chi connectivity index (χ3v) is 7.87. The zero-order valence-corrected chi connectivity index (χ0v) is 23.2. The number of carbonyl (C=O) groups is 4. The first-order valence-electron chi connectivity index (χ1n) is 14.2. The van der Waals surface area contributed by atoms with Crippen LogP contribution >= 0.6 is 0 Å². The number of likely N-dealkylation sites (tertiary alicyclic amines) is 1. The highest BCUT2D eigenvalue weighted by Gasteiger charge is 2.36. The van der Waals surface area contributed by atoms with Gasteiger partial charge in [0.1, 0.15) is 19.3 Å². The number of benzene rings is 3. The van der Waals surface area contributed by atoms with Crippen LogP contribution in [0.5, 0.6) is 0 Å². The normalized spacial score (nSPS) is 16.6. The predicted molar refractivity (Wildman–Crippen MR) is 154 cm³/mol. The number of amides is 2. The fourth-order valence-corrected chi connectivity index (χ4v) is 5.85. The number of esters is 1. The third kappa shape index (κ3) is 6.79. The molecule has 42 heavy (non-hydrogen) atoms. The highest BCUT2D eigenvalue weighted by Crippen LogP contribution is 2.44. The van der Waals surface area contributed by atoms with Crippen molar-refractivity contribution in [3.8, 4) is 11.1 Å². The van der Waals surface area contributed by atoms with Crippen LogP contribution in [-0.4, -0.2) is 59.2 Å². The summed E-state index contributed by atoms with van der Waals surface area (Å²) in [5, 5.41) is 12.0. The molecular weight excluding hydrogens is 536 g/mol. The van der Waals surface area contributed by atoms with Crippen LogP contribution in [-0.2, 0) is 30.5 Å². The van der Waals surface area contributed by atoms with E-state index in [1.807, 2.05) is 78.9 Å². The Morgan fingerprint density at radius 3 is 2.17 bits per heavy atom. The number of piperidine rings is 1. The van der Waals surface area contributed by atoms with E-state index in [0.29, 0.717) is 19.4 Å². The molecule has 0 bridgehead atoms. The van der Waals surface area contributed by atoms with E-state index in [2.05, 4.69) is 5.32 Å². The van der Waals surface area contributed by atoms with E-state index in [-0.39, 0.29) is 25.6 Å². The number of nitrogens with zero attached hydrogens (tertiary/aromatic N) is 1. The van der Waals surface area contributed by atoms with Crippen molar-refractivity contribution in [2.45, 2.75) is 56.7 Å². The largest absolute Gasteiger partial charge is 0.481 e. The Morgan fingerprint density at radius 2 is 1.50 bits per heavy atom. The minimum absolute atomic E-state index is 0.0247. The molecule has 2 N–H and O–H groups in total. The predicted octanol–water partition coefficient (Wildman–Crippen LogP) is 4.88. The van der Waals surface area contributed by atoms with Crippen molar-refractivity contribution in [3.05, 3.63) is 95.6 Å². The molecule has 218 valence electrons. The second-order valence-electron chi connectivity index (χ2n) is 10.7. The first-order valence-corrected chi connectivity index (χ1v) is 14.2. The van der Waals surface area contributed by atoms with Crippen LogP contribution in [0, 0.1) is 0 Å². The molecule has 1 aliphatic carbocycles. The van der Waals surface area contributed by atoms with Gasteiger partial charge in [-0.3, -0.25) is 14.4 Å². The van der Waals surface area contributed by atoms with Gasteiger partial charge >= 0.3 is 18.0 Å². The summed E-state index contributed by atoms with van der Waals surface area (Å²) in [5.74, 6) is -2.37.